The van der Waals surface area contributed by atoms with E-state index in [0.717, 1.165) is 35.1 Å². The van der Waals surface area contributed by atoms with Crippen LogP contribution in [-0.2, 0) is 20.1 Å². The summed E-state index contributed by atoms with van der Waals surface area (Å²) in [5.41, 5.74) is 3.45. The minimum absolute atomic E-state index is 0.237. The zero-order valence-electron chi connectivity index (χ0n) is 19.3. The zero-order chi connectivity index (χ0) is 23.3. The van der Waals surface area contributed by atoms with Crippen LogP contribution in [0, 0.1) is 12.8 Å². The predicted molar refractivity (Wildman–Crippen MR) is 127 cm³/mol. The molecule has 8 heteroatoms. The number of nitrogens with zero attached hydrogens (tertiary/aromatic N) is 4. The van der Waals surface area contributed by atoms with Gasteiger partial charge in [-0.2, -0.15) is 0 Å². The van der Waals surface area contributed by atoms with Crippen LogP contribution in [-0.4, -0.2) is 27.8 Å². The van der Waals surface area contributed by atoms with Crippen LogP contribution in [0.5, 0.6) is 5.75 Å². The number of aryl methyl sites for hydroxylation is 2. The van der Waals surface area contributed by atoms with Gasteiger partial charge in [0.1, 0.15) is 11.4 Å². The van der Waals surface area contributed by atoms with E-state index in [9.17, 15) is 9.59 Å². The topological polar surface area (TPSA) is 76.1 Å². The van der Waals surface area contributed by atoms with Crippen LogP contribution >= 0.6 is 0 Å². The molecule has 1 aliphatic heterocycles. The molecule has 0 spiro atoms. The first kappa shape index (κ1) is 21.1. The van der Waals surface area contributed by atoms with Crippen molar-refractivity contribution in [3.05, 3.63) is 80.5 Å². The normalized spacial score (nSPS) is 15.6. The third-order valence-corrected chi connectivity index (χ3v) is 6.33. The highest BCUT2D eigenvalue weighted by atomic mass is 16.5. The van der Waals surface area contributed by atoms with E-state index in [-0.39, 0.29) is 17.8 Å². The minimum Gasteiger partial charge on any atom is -0.497 e. The lowest BCUT2D eigenvalue weighted by atomic mass is 10.1. The van der Waals surface area contributed by atoms with E-state index in [2.05, 4.69) is 16.8 Å². The summed E-state index contributed by atoms with van der Waals surface area (Å²) in [6, 6.07) is 15.7. The van der Waals surface area contributed by atoms with Crippen LogP contribution in [0.3, 0.4) is 0 Å². The van der Waals surface area contributed by atoms with E-state index in [1.807, 2.05) is 60.0 Å². The number of hydrogen-bond donors (Lipinski definition) is 1. The maximum Gasteiger partial charge on any atom is 0.364 e. The van der Waals surface area contributed by atoms with Gasteiger partial charge < -0.3 is 4.74 Å². The molecule has 3 heterocycles. The van der Waals surface area contributed by atoms with Crippen LogP contribution in [0.25, 0.3) is 11.2 Å². The number of aromatic nitrogens is 4. The third-order valence-electron chi connectivity index (χ3n) is 6.33. The average molecular weight is 447 g/mol. The molecule has 170 valence electrons. The molecule has 0 unspecified atom stereocenters. The second kappa shape index (κ2) is 7.95. The van der Waals surface area contributed by atoms with Gasteiger partial charge in [-0.3, -0.25) is 13.9 Å². The van der Waals surface area contributed by atoms with Crippen molar-refractivity contribution in [3.63, 3.8) is 0 Å². The maximum atomic E-state index is 13.6. The number of H-pyrrole nitrogens is 1. The maximum absolute atomic E-state index is 13.6. The average Bonchev–Trinajstić information content (AvgIpc) is 3.19. The predicted octanol–water partition coefficient (Wildman–Crippen LogP) is 2.47. The molecular weight excluding hydrogens is 418 g/mol. The fourth-order valence-electron chi connectivity index (χ4n) is 4.70. The summed E-state index contributed by atoms with van der Waals surface area (Å²) in [7, 11) is 3.35. The number of methoxy groups -OCH3 is 1. The molecular formula is C25H28N5O3+. The van der Waals surface area contributed by atoms with Crippen molar-refractivity contribution >= 4 is 22.8 Å². The van der Waals surface area contributed by atoms with E-state index in [0.29, 0.717) is 23.6 Å². The molecule has 0 aliphatic carbocycles. The van der Waals surface area contributed by atoms with E-state index in [1.165, 1.54) is 9.13 Å². The van der Waals surface area contributed by atoms with Crippen LogP contribution < -0.4 is 25.5 Å². The first-order valence-corrected chi connectivity index (χ1v) is 11.1. The Hall–Kier alpha value is -3.81. The fourth-order valence-corrected chi connectivity index (χ4v) is 4.70. The monoisotopic (exact) mass is 446 g/mol. The molecule has 33 heavy (non-hydrogen) atoms. The molecule has 1 aliphatic rings. The van der Waals surface area contributed by atoms with Crippen LogP contribution in [0.2, 0.25) is 0 Å². The second-order valence-corrected chi connectivity index (χ2v) is 8.89. The summed E-state index contributed by atoms with van der Waals surface area (Å²) in [5, 5.41) is 0. The number of benzene rings is 2. The fraction of sp³-hybridized carbons (Fsp3) is 0.320. The molecule has 0 bridgehead atoms. The van der Waals surface area contributed by atoms with Gasteiger partial charge >= 0.3 is 11.6 Å². The zero-order valence-corrected chi connectivity index (χ0v) is 19.3. The Morgan fingerprint density at radius 1 is 1.15 bits per heavy atom. The van der Waals surface area contributed by atoms with E-state index < -0.39 is 0 Å². The number of hydrogen-bond acceptors (Lipinski definition) is 4. The van der Waals surface area contributed by atoms with Gasteiger partial charge in [0.15, 0.2) is 0 Å². The molecule has 1 atom stereocenters. The molecule has 8 nitrogen and oxygen atoms in total. The van der Waals surface area contributed by atoms with Crippen molar-refractivity contribution in [2.24, 2.45) is 13.0 Å². The van der Waals surface area contributed by atoms with Gasteiger partial charge in [-0.05, 0) is 36.8 Å². The van der Waals surface area contributed by atoms with Crippen molar-refractivity contribution in [2.75, 3.05) is 18.6 Å². The van der Waals surface area contributed by atoms with E-state index in [4.69, 9.17) is 4.74 Å². The Labute approximate surface area is 191 Å². The lowest BCUT2D eigenvalue weighted by Crippen LogP contribution is -2.52. The highest BCUT2D eigenvalue weighted by Gasteiger charge is 2.36. The number of fused-ring (bicyclic) bond motifs is 3. The number of ether oxygens (including phenoxy) is 1. The van der Waals surface area contributed by atoms with Gasteiger partial charge in [-0.15, -0.1) is 0 Å². The highest BCUT2D eigenvalue weighted by molar-refractivity contribution is 5.70. The number of rotatable bonds is 4. The minimum atomic E-state index is -0.336. The first-order chi connectivity index (χ1) is 15.9. The van der Waals surface area contributed by atoms with Gasteiger partial charge in [0.2, 0.25) is 11.2 Å². The van der Waals surface area contributed by atoms with E-state index >= 15 is 0 Å². The van der Waals surface area contributed by atoms with Gasteiger partial charge in [-0.1, -0.05) is 36.8 Å². The number of nitrogens with one attached hydrogen (secondary N) is 1. The van der Waals surface area contributed by atoms with Gasteiger partial charge in [0, 0.05) is 13.0 Å². The molecule has 2 aromatic carbocycles. The van der Waals surface area contributed by atoms with Crippen LogP contribution in [0.4, 0.5) is 11.6 Å². The molecule has 2 aromatic heterocycles. The Morgan fingerprint density at radius 3 is 2.61 bits per heavy atom. The number of aromatic amines is 1. The molecule has 5 rings (SSSR count). The Balaban J connectivity index is 1.69. The van der Waals surface area contributed by atoms with Gasteiger partial charge in [0.25, 0.3) is 5.56 Å². The Kier molecular flexibility index (Phi) is 5.08. The SMILES string of the molecule is COc1ccc(N2C[C@@H](C)C[n+]3c2[nH]c2c3c(=O)n(Cc3cccc(C)c3)c(=O)n2C)cc1. The quantitative estimate of drug-likeness (QED) is 0.489. The largest absolute Gasteiger partial charge is 0.497 e. The molecule has 0 saturated carbocycles. The van der Waals surface area contributed by atoms with Gasteiger partial charge in [-0.25, -0.2) is 19.2 Å². The highest BCUT2D eigenvalue weighted by Crippen LogP contribution is 2.29. The van der Waals surface area contributed by atoms with Gasteiger partial charge in [0.05, 0.1) is 26.7 Å². The van der Waals surface area contributed by atoms with E-state index in [1.54, 1.807) is 14.2 Å². The van der Waals surface area contributed by atoms with Crippen LogP contribution in [0.15, 0.2) is 58.1 Å². The summed E-state index contributed by atoms with van der Waals surface area (Å²) >= 11 is 0. The lowest BCUT2D eigenvalue weighted by Gasteiger charge is -2.26. The van der Waals surface area contributed by atoms with Crippen LogP contribution in [0.1, 0.15) is 18.1 Å². The third kappa shape index (κ3) is 3.51. The summed E-state index contributed by atoms with van der Waals surface area (Å²) in [4.78, 5) is 32.3. The standard InChI is InChI=1S/C25H27N5O3/c1-16-6-5-7-18(12-16)15-30-23(31)21-22(27(3)25(30)32)26-24-28(13-17(2)14-29(21)24)19-8-10-20(33-4)11-9-19/h5-12,17H,13-15H2,1-4H3/p+1/t17-/m1/s1. The molecule has 0 amide bonds. The Morgan fingerprint density at radius 2 is 1.91 bits per heavy atom. The summed E-state index contributed by atoms with van der Waals surface area (Å²) in [5.74, 6) is 1.90. The molecule has 0 saturated heterocycles. The second-order valence-electron chi connectivity index (χ2n) is 8.89. The molecule has 0 fully saturated rings. The van der Waals surface area contributed by atoms with Crippen molar-refractivity contribution < 1.29 is 9.30 Å². The molecule has 1 N–H and O–H groups in total. The summed E-state index contributed by atoms with van der Waals surface area (Å²) in [6.07, 6.45) is 0. The number of imidazole rings is 1. The first-order valence-electron chi connectivity index (χ1n) is 11.1. The smallest absolute Gasteiger partial charge is 0.364 e. The number of anilines is 2. The molecule has 0 radical (unpaired) electrons. The van der Waals surface area contributed by atoms with Crippen molar-refractivity contribution in [3.8, 4) is 5.75 Å². The van der Waals surface area contributed by atoms with Crippen molar-refractivity contribution in [1.29, 1.82) is 0 Å². The molecule has 4 aromatic rings. The summed E-state index contributed by atoms with van der Waals surface area (Å²) in [6.45, 7) is 5.89. The summed E-state index contributed by atoms with van der Waals surface area (Å²) < 4.78 is 10.2. The Bertz CT molecular complexity index is 1460. The van der Waals surface area contributed by atoms with Crippen molar-refractivity contribution in [2.45, 2.75) is 26.9 Å². The van der Waals surface area contributed by atoms with Crippen molar-refractivity contribution in [1.82, 2.24) is 14.1 Å². The lowest BCUT2D eigenvalue weighted by molar-refractivity contribution is -0.669.